The summed E-state index contributed by atoms with van der Waals surface area (Å²) in [7, 11) is 4.12. The Kier molecular flexibility index (Phi) is 6.58. The summed E-state index contributed by atoms with van der Waals surface area (Å²) >= 11 is 0. The van der Waals surface area contributed by atoms with Crippen molar-refractivity contribution in [3.63, 3.8) is 0 Å². The molecule has 5 heteroatoms. The fourth-order valence-corrected chi connectivity index (χ4v) is 3.37. The molecular formula is C22H31N5. The van der Waals surface area contributed by atoms with Gasteiger partial charge in [-0.3, -0.25) is 0 Å². The number of rotatable bonds is 6. The summed E-state index contributed by atoms with van der Waals surface area (Å²) in [5.74, 6) is 0.896. The van der Waals surface area contributed by atoms with Crippen molar-refractivity contribution >= 4 is 17.3 Å². The zero-order valence-electron chi connectivity index (χ0n) is 16.7. The summed E-state index contributed by atoms with van der Waals surface area (Å²) in [5.41, 5.74) is 3.72. The van der Waals surface area contributed by atoms with Crippen molar-refractivity contribution in [2.24, 2.45) is 4.99 Å². The summed E-state index contributed by atoms with van der Waals surface area (Å²) in [5, 5.41) is 6.99. The van der Waals surface area contributed by atoms with Gasteiger partial charge in [-0.1, -0.05) is 30.3 Å². The molecule has 1 saturated heterocycles. The molecule has 27 heavy (non-hydrogen) atoms. The number of para-hydroxylation sites is 1. The summed E-state index contributed by atoms with van der Waals surface area (Å²) in [6.45, 7) is 5.72. The van der Waals surface area contributed by atoms with Crippen molar-refractivity contribution in [2.45, 2.75) is 25.9 Å². The van der Waals surface area contributed by atoms with Gasteiger partial charge >= 0.3 is 0 Å². The van der Waals surface area contributed by atoms with Crippen LogP contribution in [0.1, 0.15) is 18.9 Å². The van der Waals surface area contributed by atoms with Gasteiger partial charge in [-0.25, -0.2) is 4.99 Å². The molecule has 1 aliphatic rings. The Balaban J connectivity index is 1.60. The number of hydrogen-bond acceptors (Lipinski definition) is 3. The van der Waals surface area contributed by atoms with Crippen molar-refractivity contribution < 1.29 is 0 Å². The van der Waals surface area contributed by atoms with Crippen molar-refractivity contribution in [2.75, 3.05) is 43.5 Å². The Morgan fingerprint density at radius 1 is 1.15 bits per heavy atom. The number of benzene rings is 2. The molecule has 0 bridgehead atoms. The van der Waals surface area contributed by atoms with E-state index in [2.05, 4.69) is 96.0 Å². The fourth-order valence-electron chi connectivity index (χ4n) is 3.37. The minimum absolute atomic E-state index is 0.413. The number of anilines is 2. The minimum atomic E-state index is 0.413. The van der Waals surface area contributed by atoms with Crippen molar-refractivity contribution in [1.29, 1.82) is 0 Å². The van der Waals surface area contributed by atoms with Gasteiger partial charge in [-0.05, 0) is 43.2 Å². The highest BCUT2D eigenvalue weighted by molar-refractivity contribution is 5.80. The Bertz CT molecular complexity index is 741. The number of aliphatic imine (C=N–C) groups is 1. The van der Waals surface area contributed by atoms with E-state index in [9.17, 15) is 0 Å². The zero-order valence-corrected chi connectivity index (χ0v) is 16.7. The molecule has 2 aromatic carbocycles. The second-order valence-corrected chi connectivity index (χ2v) is 7.17. The Morgan fingerprint density at radius 3 is 2.70 bits per heavy atom. The third kappa shape index (κ3) is 5.39. The van der Waals surface area contributed by atoms with E-state index in [1.807, 2.05) is 0 Å². The SMILES string of the molecule is CCNC(=NCc1cccc(N(C)C)c1)NC1CCN(c2ccccc2)C1. The molecule has 5 nitrogen and oxygen atoms in total. The standard InChI is InChI=1S/C22H31N5/c1-4-23-22(24-16-18-9-8-12-21(15-18)26(2)3)25-19-13-14-27(17-19)20-10-6-5-7-11-20/h5-12,15,19H,4,13-14,16-17H2,1-3H3,(H2,23,24,25). The topological polar surface area (TPSA) is 42.9 Å². The van der Waals surface area contributed by atoms with Crippen LogP contribution in [0.2, 0.25) is 0 Å². The molecular weight excluding hydrogens is 334 g/mol. The summed E-state index contributed by atoms with van der Waals surface area (Å²) < 4.78 is 0. The normalized spacial score (nSPS) is 17.1. The van der Waals surface area contributed by atoms with Crippen molar-refractivity contribution in [3.05, 3.63) is 60.2 Å². The lowest BCUT2D eigenvalue weighted by Gasteiger charge is -2.20. The number of nitrogens with zero attached hydrogens (tertiary/aromatic N) is 3. The molecule has 0 amide bonds. The van der Waals surface area contributed by atoms with Crippen molar-refractivity contribution in [1.82, 2.24) is 10.6 Å². The van der Waals surface area contributed by atoms with Crippen LogP contribution in [0.25, 0.3) is 0 Å². The van der Waals surface area contributed by atoms with Crippen LogP contribution in [-0.2, 0) is 6.54 Å². The predicted octanol–water partition coefficient (Wildman–Crippen LogP) is 3.09. The number of nitrogens with one attached hydrogen (secondary N) is 2. The first kappa shape index (κ1) is 19.1. The first-order chi connectivity index (χ1) is 13.2. The van der Waals surface area contributed by atoms with Crippen LogP contribution in [0.15, 0.2) is 59.6 Å². The van der Waals surface area contributed by atoms with E-state index >= 15 is 0 Å². The van der Waals surface area contributed by atoms with Gasteiger partial charge in [0.2, 0.25) is 0 Å². The van der Waals surface area contributed by atoms with Gasteiger partial charge in [0.25, 0.3) is 0 Å². The van der Waals surface area contributed by atoms with E-state index in [-0.39, 0.29) is 0 Å². The molecule has 0 aliphatic carbocycles. The number of hydrogen-bond donors (Lipinski definition) is 2. The van der Waals surface area contributed by atoms with Gasteiger partial charge in [0.1, 0.15) is 0 Å². The van der Waals surface area contributed by atoms with Crippen molar-refractivity contribution in [3.8, 4) is 0 Å². The van der Waals surface area contributed by atoms with Crippen LogP contribution in [0.5, 0.6) is 0 Å². The van der Waals surface area contributed by atoms with E-state index in [0.29, 0.717) is 12.6 Å². The van der Waals surface area contributed by atoms with E-state index in [1.165, 1.54) is 16.9 Å². The van der Waals surface area contributed by atoms with Crippen LogP contribution in [0, 0.1) is 0 Å². The maximum absolute atomic E-state index is 4.80. The first-order valence-corrected chi connectivity index (χ1v) is 9.77. The Hall–Kier alpha value is -2.69. The first-order valence-electron chi connectivity index (χ1n) is 9.77. The second-order valence-electron chi connectivity index (χ2n) is 7.17. The summed E-state index contributed by atoms with van der Waals surface area (Å²) in [6, 6.07) is 19.6. The molecule has 1 heterocycles. The van der Waals surface area contributed by atoms with Crippen LogP contribution in [0.3, 0.4) is 0 Å². The maximum Gasteiger partial charge on any atom is 0.191 e. The lowest BCUT2D eigenvalue weighted by Crippen LogP contribution is -2.44. The fraction of sp³-hybridized carbons (Fsp3) is 0.409. The van der Waals surface area contributed by atoms with Gasteiger partial charge in [0.05, 0.1) is 6.54 Å². The molecule has 2 aromatic rings. The number of guanidine groups is 1. The molecule has 1 atom stereocenters. The van der Waals surface area contributed by atoms with Gasteiger partial charge < -0.3 is 20.4 Å². The van der Waals surface area contributed by atoms with E-state index < -0.39 is 0 Å². The third-order valence-electron chi connectivity index (χ3n) is 4.84. The lowest BCUT2D eigenvalue weighted by molar-refractivity contribution is 0.649. The largest absolute Gasteiger partial charge is 0.378 e. The van der Waals surface area contributed by atoms with Crippen LogP contribution in [-0.4, -0.2) is 45.7 Å². The molecule has 1 aliphatic heterocycles. The van der Waals surface area contributed by atoms with E-state index in [4.69, 9.17) is 4.99 Å². The van der Waals surface area contributed by atoms with Crippen LogP contribution < -0.4 is 20.4 Å². The molecule has 144 valence electrons. The lowest BCUT2D eigenvalue weighted by atomic mass is 10.2. The monoisotopic (exact) mass is 365 g/mol. The van der Waals surface area contributed by atoms with Gasteiger partial charge in [0, 0.05) is 51.1 Å². The molecule has 0 aromatic heterocycles. The van der Waals surface area contributed by atoms with E-state index in [0.717, 1.165) is 32.0 Å². The molecule has 1 unspecified atom stereocenters. The molecule has 0 radical (unpaired) electrons. The molecule has 1 fully saturated rings. The molecule has 2 N–H and O–H groups in total. The average molecular weight is 366 g/mol. The third-order valence-corrected chi connectivity index (χ3v) is 4.84. The highest BCUT2D eigenvalue weighted by atomic mass is 15.2. The predicted molar refractivity (Wildman–Crippen MR) is 116 cm³/mol. The zero-order chi connectivity index (χ0) is 19.1. The second kappa shape index (κ2) is 9.31. The van der Waals surface area contributed by atoms with Crippen LogP contribution in [0.4, 0.5) is 11.4 Å². The highest BCUT2D eigenvalue weighted by Gasteiger charge is 2.23. The Morgan fingerprint density at radius 2 is 1.96 bits per heavy atom. The van der Waals surface area contributed by atoms with Crippen LogP contribution >= 0.6 is 0 Å². The molecule has 0 saturated carbocycles. The van der Waals surface area contributed by atoms with Gasteiger partial charge in [-0.2, -0.15) is 0 Å². The van der Waals surface area contributed by atoms with Gasteiger partial charge in [0.15, 0.2) is 5.96 Å². The molecule has 3 rings (SSSR count). The maximum atomic E-state index is 4.80. The molecule has 0 spiro atoms. The quantitative estimate of drug-likeness (QED) is 0.610. The summed E-state index contributed by atoms with van der Waals surface area (Å²) in [4.78, 5) is 9.35. The Labute approximate surface area is 163 Å². The van der Waals surface area contributed by atoms with E-state index in [1.54, 1.807) is 0 Å². The average Bonchev–Trinajstić information content (AvgIpc) is 3.16. The minimum Gasteiger partial charge on any atom is -0.378 e. The van der Waals surface area contributed by atoms with Gasteiger partial charge in [-0.15, -0.1) is 0 Å². The smallest absolute Gasteiger partial charge is 0.191 e. The highest BCUT2D eigenvalue weighted by Crippen LogP contribution is 2.19. The summed E-state index contributed by atoms with van der Waals surface area (Å²) in [6.07, 6.45) is 1.12.